The molecule has 3 heterocycles. The van der Waals surface area contributed by atoms with Crippen LogP contribution < -0.4 is 10.1 Å². The molecule has 39 heavy (non-hydrogen) atoms. The molecule has 4 aromatic rings. The van der Waals surface area contributed by atoms with Gasteiger partial charge in [0.2, 0.25) is 11.8 Å². The van der Waals surface area contributed by atoms with Crippen molar-refractivity contribution in [2.45, 2.75) is 28.3 Å². The first kappa shape index (κ1) is 27.2. The van der Waals surface area contributed by atoms with Crippen LogP contribution in [0.15, 0.2) is 82.4 Å². The molecule has 1 saturated heterocycles. The Kier molecular flexibility index (Phi) is 7.41. The maximum absolute atomic E-state index is 13.7. The fraction of sp³-hybridized carbons (Fsp3) is 0.148. The lowest BCUT2D eigenvalue weighted by Gasteiger charge is -2.39. The second kappa shape index (κ2) is 10.6. The second-order valence-electron chi connectivity index (χ2n) is 8.58. The van der Waals surface area contributed by atoms with Crippen molar-refractivity contribution in [3.8, 4) is 11.6 Å². The molecule has 0 spiro atoms. The molecule has 1 N–H and O–H groups in total. The van der Waals surface area contributed by atoms with Crippen LogP contribution >= 0.6 is 34.7 Å². The number of halogens is 5. The summed E-state index contributed by atoms with van der Waals surface area (Å²) in [6.07, 6.45) is -5.05. The molecule has 1 aliphatic heterocycles. The van der Waals surface area contributed by atoms with Crippen LogP contribution in [0.2, 0.25) is 5.02 Å². The van der Waals surface area contributed by atoms with Crippen molar-refractivity contribution in [2.24, 2.45) is 0 Å². The first-order chi connectivity index (χ1) is 18.6. The number of rotatable bonds is 6. The molecule has 5 rings (SSSR count). The van der Waals surface area contributed by atoms with Gasteiger partial charge in [-0.1, -0.05) is 29.8 Å². The van der Waals surface area contributed by atoms with E-state index in [2.05, 4.69) is 10.3 Å². The summed E-state index contributed by atoms with van der Waals surface area (Å²) in [5.74, 6) is -2.70. The topological polar surface area (TPSA) is 68.3 Å². The molecule has 0 bridgehead atoms. The Balaban J connectivity index is 1.48. The van der Waals surface area contributed by atoms with Gasteiger partial charge >= 0.3 is 6.18 Å². The normalized spacial score (nSPS) is 19.6. The molecule has 2 unspecified atom stereocenters. The smallest absolute Gasteiger partial charge is 0.419 e. The zero-order valence-corrected chi connectivity index (χ0v) is 22.1. The molecular formula is C27H17ClF4N2O3S2. The van der Waals surface area contributed by atoms with Crippen molar-refractivity contribution in [3.05, 3.63) is 105 Å². The number of thiophene rings is 1. The molecule has 1 aliphatic rings. The van der Waals surface area contributed by atoms with Gasteiger partial charge in [-0.05, 0) is 58.8 Å². The van der Waals surface area contributed by atoms with Gasteiger partial charge in [0.15, 0.2) is 5.78 Å². The van der Waals surface area contributed by atoms with Crippen molar-refractivity contribution in [2.75, 3.05) is 0 Å². The molecule has 2 aromatic heterocycles. The highest BCUT2D eigenvalue weighted by molar-refractivity contribution is 8.01. The molecule has 1 amide bonds. The minimum absolute atomic E-state index is 0.101. The predicted octanol–water partition coefficient (Wildman–Crippen LogP) is 7.24. The molecule has 5 nitrogen and oxygen atoms in total. The maximum atomic E-state index is 13.7. The molecule has 1 fully saturated rings. The van der Waals surface area contributed by atoms with E-state index in [0.717, 1.165) is 17.8 Å². The number of hydrogen-bond acceptors (Lipinski definition) is 6. The van der Waals surface area contributed by atoms with Crippen LogP contribution in [0, 0.1) is 5.82 Å². The van der Waals surface area contributed by atoms with E-state index < -0.39 is 34.3 Å². The monoisotopic (exact) mass is 592 g/mol. The zero-order chi connectivity index (χ0) is 27.8. The number of piperidine rings is 1. The van der Waals surface area contributed by atoms with E-state index in [1.54, 1.807) is 53.2 Å². The molecule has 200 valence electrons. The summed E-state index contributed by atoms with van der Waals surface area (Å²) in [7, 11) is 0. The fourth-order valence-electron chi connectivity index (χ4n) is 4.21. The molecule has 0 saturated carbocycles. The number of alkyl halides is 3. The van der Waals surface area contributed by atoms with Crippen LogP contribution in [0.5, 0.6) is 11.6 Å². The van der Waals surface area contributed by atoms with Gasteiger partial charge in [-0.2, -0.15) is 24.5 Å². The van der Waals surface area contributed by atoms with E-state index in [4.69, 9.17) is 16.3 Å². The van der Waals surface area contributed by atoms with Crippen molar-refractivity contribution in [1.29, 1.82) is 0 Å². The van der Waals surface area contributed by atoms with Crippen LogP contribution in [0.25, 0.3) is 0 Å². The number of benzene rings is 2. The number of pyridine rings is 1. The van der Waals surface area contributed by atoms with Gasteiger partial charge in [0.25, 0.3) is 0 Å². The second-order valence-corrected chi connectivity index (χ2v) is 10.9. The number of aromatic nitrogens is 1. The number of nitrogens with one attached hydrogen (secondary N) is 1. The zero-order valence-electron chi connectivity index (χ0n) is 19.7. The third-order valence-electron chi connectivity index (χ3n) is 6.03. The number of hydrogen-bond donors (Lipinski definition) is 1. The summed E-state index contributed by atoms with van der Waals surface area (Å²) in [6, 6.07) is 15.4. The number of ketones is 1. The Labute approximate surface area is 233 Å². The highest BCUT2D eigenvalue weighted by Gasteiger charge is 2.48. The first-order valence-corrected chi connectivity index (χ1v) is 13.6. The first-order valence-electron chi connectivity index (χ1n) is 11.4. The van der Waals surface area contributed by atoms with Gasteiger partial charge < -0.3 is 10.1 Å². The lowest BCUT2D eigenvalue weighted by atomic mass is 9.79. The number of thioether (sulfide) groups is 1. The van der Waals surface area contributed by atoms with Gasteiger partial charge in [-0.15, -0.1) is 11.8 Å². The van der Waals surface area contributed by atoms with Crippen molar-refractivity contribution >= 4 is 46.4 Å². The average Bonchev–Trinajstić information content (AvgIpc) is 3.44. The van der Waals surface area contributed by atoms with Crippen LogP contribution in [0.4, 0.5) is 17.6 Å². The Hall–Kier alpha value is -3.41. The van der Waals surface area contributed by atoms with Crippen molar-refractivity contribution < 1.29 is 31.9 Å². The van der Waals surface area contributed by atoms with E-state index in [1.807, 2.05) is 0 Å². The molecule has 2 atom stereocenters. The number of carbonyl (C=O) groups is 2. The number of nitrogens with zero attached hydrogens (tertiary/aromatic N) is 1. The van der Waals surface area contributed by atoms with Gasteiger partial charge in [-0.25, -0.2) is 9.37 Å². The van der Waals surface area contributed by atoms with E-state index in [1.165, 1.54) is 17.4 Å². The number of amides is 1. The summed E-state index contributed by atoms with van der Waals surface area (Å²) in [4.78, 5) is 31.8. The summed E-state index contributed by atoms with van der Waals surface area (Å²) in [5, 5.41) is 5.90. The summed E-state index contributed by atoms with van der Waals surface area (Å²) in [6.45, 7) is 0. The number of carbonyl (C=O) groups excluding carboxylic acids is 2. The lowest BCUT2D eigenvalue weighted by molar-refractivity contribution is -0.140. The van der Waals surface area contributed by atoms with Crippen molar-refractivity contribution in [1.82, 2.24) is 10.3 Å². The number of Topliss-reactive ketones (excluding diaryl/α,β-unsaturated/α-hetero) is 1. The minimum atomic E-state index is -4.91. The average molecular weight is 593 g/mol. The minimum Gasteiger partial charge on any atom is -0.439 e. The van der Waals surface area contributed by atoms with Crippen LogP contribution in [0.1, 0.15) is 23.2 Å². The van der Waals surface area contributed by atoms with Gasteiger partial charge in [0.05, 0.1) is 16.3 Å². The highest BCUT2D eigenvalue weighted by atomic mass is 35.5. The van der Waals surface area contributed by atoms with Crippen molar-refractivity contribution in [3.63, 3.8) is 0 Å². The van der Waals surface area contributed by atoms with Gasteiger partial charge in [0, 0.05) is 17.4 Å². The third kappa shape index (κ3) is 5.52. The lowest BCUT2D eigenvalue weighted by Crippen LogP contribution is -2.58. The molecule has 0 radical (unpaired) electrons. The fourth-order valence-corrected chi connectivity index (χ4v) is 6.18. The quantitative estimate of drug-likeness (QED) is 0.189. The largest absolute Gasteiger partial charge is 0.439 e. The standard InChI is InChI=1S/C27H17ClF4N2O3S2/c28-18-4-1-2-5-21(18)39-24-20(35)13-26(34-25(24)36,15-10-11-38-14-15)22-6-3-7-23(33-22)37-16-8-9-19(29)17(12-16)27(30,31)32/h1-12,14,24H,13H2,(H,34,36). The number of ether oxygens (including phenoxy) is 1. The maximum Gasteiger partial charge on any atom is 0.419 e. The molecular weight excluding hydrogens is 576 g/mol. The third-order valence-corrected chi connectivity index (χ3v) is 8.48. The van der Waals surface area contributed by atoms with E-state index in [0.29, 0.717) is 27.6 Å². The Morgan fingerprint density at radius 3 is 2.56 bits per heavy atom. The van der Waals surface area contributed by atoms with Crippen LogP contribution in [0.3, 0.4) is 0 Å². The Morgan fingerprint density at radius 1 is 1.08 bits per heavy atom. The van der Waals surface area contributed by atoms with E-state index in [-0.39, 0.29) is 29.5 Å². The SMILES string of the molecule is O=C1CC(c2ccsc2)(c2cccc(Oc3ccc(F)c(C(F)(F)F)c3)n2)NC(=O)C1Sc1ccccc1Cl. The molecule has 0 aliphatic carbocycles. The van der Waals surface area contributed by atoms with Crippen LogP contribution in [-0.4, -0.2) is 21.9 Å². The summed E-state index contributed by atoms with van der Waals surface area (Å²) in [5.41, 5.74) is -1.95. The van der Waals surface area contributed by atoms with E-state index >= 15 is 0 Å². The van der Waals surface area contributed by atoms with E-state index in [9.17, 15) is 27.2 Å². The van der Waals surface area contributed by atoms with Gasteiger partial charge in [-0.3, -0.25) is 9.59 Å². The summed E-state index contributed by atoms with van der Waals surface area (Å²) < 4.78 is 58.7. The summed E-state index contributed by atoms with van der Waals surface area (Å²) >= 11 is 8.64. The Morgan fingerprint density at radius 2 is 1.87 bits per heavy atom. The molecule has 2 aromatic carbocycles. The van der Waals surface area contributed by atoms with Gasteiger partial charge in [0.1, 0.15) is 22.4 Å². The Bertz CT molecular complexity index is 1530. The predicted molar refractivity (Wildman–Crippen MR) is 140 cm³/mol. The highest BCUT2D eigenvalue weighted by Crippen LogP contribution is 2.42. The van der Waals surface area contributed by atoms with Crippen LogP contribution in [-0.2, 0) is 21.3 Å². The molecule has 12 heteroatoms.